The Morgan fingerprint density at radius 2 is 2.03 bits per heavy atom. The number of benzene rings is 1. The highest BCUT2D eigenvalue weighted by molar-refractivity contribution is 9.10. The number of carboxylic acid groups (broad SMARTS) is 1. The lowest BCUT2D eigenvalue weighted by Crippen LogP contribution is -2.50. The fourth-order valence-electron chi connectivity index (χ4n) is 2.83. The first kappa shape index (κ1) is 23.8. The largest absolute Gasteiger partial charge is 0.552 e. The summed E-state index contributed by atoms with van der Waals surface area (Å²) in [6.45, 7) is 3.36. The number of amides is 2. The van der Waals surface area contributed by atoms with Crippen molar-refractivity contribution < 1.29 is 38.0 Å². The molecule has 1 fully saturated rings. The molecular formula is C18H21BBrFN2O7. The van der Waals surface area contributed by atoms with Crippen molar-refractivity contribution in [2.24, 2.45) is 5.92 Å². The lowest BCUT2D eigenvalue weighted by molar-refractivity contribution is -0.145. The standard InChI is InChI=1S/C18H21BBrFN2O7/c1-9(2)5-14(19-29-13(7-16(25)26)18(28)30-19)23-15(24)8-22-17(27)11-6-10(21)3-4-12(11)20/h3-4,6,9,13-14H,5,7-8H2,1-2H3,(H,22,27)(H,23,24)(H,25,26)/t13-,14?/m0/s1. The van der Waals surface area contributed by atoms with Crippen LogP contribution in [0.3, 0.4) is 0 Å². The second-order valence-electron chi connectivity index (χ2n) is 7.14. The molecule has 1 unspecified atom stereocenters. The Kier molecular flexibility index (Phi) is 8.36. The number of rotatable bonds is 9. The summed E-state index contributed by atoms with van der Waals surface area (Å²) in [6.07, 6.45) is -1.41. The highest BCUT2D eigenvalue weighted by atomic mass is 79.9. The minimum atomic E-state index is -1.25. The van der Waals surface area contributed by atoms with Gasteiger partial charge in [0.1, 0.15) is 5.82 Å². The first-order valence-electron chi connectivity index (χ1n) is 9.17. The Morgan fingerprint density at radius 3 is 2.67 bits per heavy atom. The number of halogens is 2. The first-order chi connectivity index (χ1) is 14.1. The average Bonchev–Trinajstić information content (AvgIpc) is 3.00. The zero-order valence-electron chi connectivity index (χ0n) is 16.3. The maximum Gasteiger partial charge on any atom is 0.552 e. The lowest BCUT2D eigenvalue weighted by Gasteiger charge is -2.21. The number of nitrogens with one attached hydrogen (secondary N) is 2. The van der Waals surface area contributed by atoms with Crippen LogP contribution in [-0.2, 0) is 23.7 Å². The van der Waals surface area contributed by atoms with Gasteiger partial charge in [0.2, 0.25) is 5.91 Å². The predicted octanol–water partition coefficient (Wildman–Crippen LogP) is 1.29. The van der Waals surface area contributed by atoms with Crippen LogP contribution in [0.2, 0.25) is 0 Å². The molecule has 0 aromatic heterocycles. The van der Waals surface area contributed by atoms with E-state index in [1.807, 2.05) is 13.8 Å². The summed E-state index contributed by atoms with van der Waals surface area (Å²) >= 11 is 3.14. The van der Waals surface area contributed by atoms with E-state index < -0.39 is 61.7 Å². The fourth-order valence-corrected chi connectivity index (χ4v) is 3.26. The maximum atomic E-state index is 13.3. The third-order valence-corrected chi connectivity index (χ3v) is 4.83. The summed E-state index contributed by atoms with van der Waals surface area (Å²) in [5.41, 5.74) is 0.0334. The van der Waals surface area contributed by atoms with Crippen LogP contribution < -0.4 is 10.6 Å². The number of carbonyl (C=O) groups is 4. The third kappa shape index (κ3) is 6.80. The molecule has 2 amide bonds. The summed E-state index contributed by atoms with van der Waals surface area (Å²) in [6, 6.07) is 3.60. The molecule has 0 bridgehead atoms. The zero-order chi connectivity index (χ0) is 22.4. The summed E-state index contributed by atoms with van der Waals surface area (Å²) in [5, 5.41) is 13.8. The Bertz CT molecular complexity index is 839. The molecule has 2 atom stereocenters. The Balaban J connectivity index is 1.97. The molecule has 0 spiro atoms. The van der Waals surface area contributed by atoms with Gasteiger partial charge >= 0.3 is 19.1 Å². The highest BCUT2D eigenvalue weighted by Crippen LogP contribution is 2.20. The molecule has 30 heavy (non-hydrogen) atoms. The molecule has 12 heteroatoms. The number of hydrogen-bond donors (Lipinski definition) is 3. The van der Waals surface area contributed by atoms with Crippen molar-refractivity contribution in [2.75, 3.05) is 6.54 Å². The molecule has 0 radical (unpaired) electrons. The molecule has 2 rings (SSSR count). The van der Waals surface area contributed by atoms with Gasteiger partial charge in [-0.05, 0) is 46.5 Å². The molecule has 0 saturated carbocycles. The molecule has 1 aromatic carbocycles. The smallest absolute Gasteiger partial charge is 0.506 e. The number of hydrogen-bond acceptors (Lipinski definition) is 6. The first-order valence-corrected chi connectivity index (χ1v) is 9.96. The van der Waals surface area contributed by atoms with Crippen molar-refractivity contribution in [1.29, 1.82) is 0 Å². The van der Waals surface area contributed by atoms with E-state index in [-0.39, 0.29) is 11.5 Å². The average molecular weight is 487 g/mol. The van der Waals surface area contributed by atoms with E-state index in [4.69, 9.17) is 14.4 Å². The van der Waals surface area contributed by atoms with E-state index in [1.165, 1.54) is 12.1 Å². The summed E-state index contributed by atoms with van der Waals surface area (Å²) in [7, 11) is -1.14. The second-order valence-corrected chi connectivity index (χ2v) is 7.99. The Hall–Kier alpha value is -2.47. The summed E-state index contributed by atoms with van der Waals surface area (Å²) in [5.74, 6) is -4.50. The van der Waals surface area contributed by atoms with Gasteiger partial charge in [-0.15, -0.1) is 0 Å². The van der Waals surface area contributed by atoms with Gasteiger partial charge in [0.05, 0.1) is 24.5 Å². The maximum absolute atomic E-state index is 13.3. The van der Waals surface area contributed by atoms with Crippen LogP contribution in [0.25, 0.3) is 0 Å². The SMILES string of the molecule is CC(C)CC(NC(=O)CNC(=O)c1cc(F)ccc1Br)B1OC(=O)[C@H](CC(=O)O)O1. The summed E-state index contributed by atoms with van der Waals surface area (Å²) in [4.78, 5) is 47.1. The summed E-state index contributed by atoms with van der Waals surface area (Å²) < 4.78 is 24.2. The van der Waals surface area contributed by atoms with E-state index >= 15 is 0 Å². The molecule has 1 aromatic rings. The number of aliphatic carboxylic acids is 1. The highest BCUT2D eigenvalue weighted by Gasteiger charge is 2.46. The van der Waals surface area contributed by atoms with Crippen LogP contribution in [0.15, 0.2) is 22.7 Å². The van der Waals surface area contributed by atoms with Gasteiger partial charge < -0.3 is 25.0 Å². The van der Waals surface area contributed by atoms with Crippen LogP contribution in [0.5, 0.6) is 0 Å². The topological polar surface area (TPSA) is 131 Å². The van der Waals surface area contributed by atoms with Crippen molar-refractivity contribution in [1.82, 2.24) is 10.6 Å². The van der Waals surface area contributed by atoms with Gasteiger partial charge in [0, 0.05) is 4.47 Å². The van der Waals surface area contributed by atoms with E-state index in [0.29, 0.717) is 10.9 Å². The third-order valence-electron chi connectivity index (χ3n) is 4.14. The number of carboxylic acids is 1. The number of carbonyl (C=O) groups excluding carboxylic acids is 3. The van der Waals surface area contributed by atoms with Gasteiger partial charge in [-0.3, -0.25) is 19.2 Å². The van der Waals surface area contributed by atoms with Crippen LogP contribution in [0.4, 0.5) is 4.39 Å². The molecule has 3 N–H and O–H groups in total. The van der Waals surface area contributed by atoms with E-state index in [0.717, 1.165) is 6.07 Å². The van der Waals surface area contributed by atoms with Crippen molar-refractivity contribution in [2.45, 2.75) is 38.7 Å². The lowest BCUT2D eigenvalue weighted by atomic mass is 9.74. The Labute approximate surface area is 180 Å². The quantitative estimate of drug-likeness (QED) is 0.448. The normalized spacial score (nSPS) is 16.9. The van der Waals surface area contributed by atoms with E-state index in [9.17, 15) is 23.6 Å². The van der Waals surface area contributed by atoms with Gasteiger partial charge in [-0.1, -0.05) is 13.8 Å². The van der Waals surface area contributed by atoms with E-state index in [1.54, 1.807) is 0 Å². The van der Waals surface area contributed by atoms with Crippen LogP contribution >= 0.6 is 15.9 Å². The van der Waals surface area contributed by atoms with Crippen molar-refractivity contribution in [3.8, 4) is 0 Å². The molecule has 1 saturated heterocycles. The monoisotopic (exact) mass is 486 g/mol. The van der Waals surface area contributed by atoms with Gasteiger partial charge in [-0.25, -0.2) is 4.39 Å². The van der Waals surface area contributed by atoms with E-state index in [2.05, 4.69) is 26.6 Å². The van der Waals surface area contributed by atoms with Crippen LogP contribution in [0.1, 0.15) is 37.0 Å². The molecule has 0 aliphatic carbocycles. The van der Waals surface area contributed by atoms with Crippen molar-refractivity contribution >= 4 is 46.8 Å². The molecule has 1 aliphatic rings. The van der Waals surface area contributed by atoms with Crippen LogP contribution in [-0.4, -0.2) is 54.6 Å². The van der Waals surface area contributed by atoms with Crippen LogP contribution in [0, 0.1) is 11.7 Å². The van der Waals surface area contributed by atoms with Crippen molar-refractivity contribution in [3.63, 3.8) is 0 Å². The fraction of sp³-hybridized carbons (Fsp3) is 0.444. The predicted molar refractivity (Wildman–Crippen MR) is 107 cm³/mol. The zero-order valence-corrected chi connectivity index (χ0v) is 17.9. The van der Waals surface area contributed by atoms with Gasteiger partial charge in [0.25, 0.3) is 5.91 Å². The minimum Gasteiger partial charge on any atom is -0.506 e. The molecular weight excluding hydrogens is 466 g/mol. The molecule has 1 heterocycles. The second kappa shape index (κ2) is 10.5. The molecule has 1 aliphatic heterocycles. The minimum absolute atomic E-state index is 0.0334. The van der Waals surface area contributed by atoms with Gasteiger partial charge in [0.15, 0.2) is 6.10 Å². The molecule has 162 valence electrons. The van der Waals surface area contributed by atoms with Gasteiger partial charge in [-0.2, -0.15) is 0 Å². The molecule has 9 nitrogen and oxygen atoms in total. The van der Waals surface area contributed by atoms with Crippen molar-refractivity contribution in [3.05, 3.63) is 34.1 Å². The Morgan fingerprint density at radius 1 is 1.33 bits per heavy atom.